The second kappa shape index (κ2) is 5.39. The van der Waals surface area contributed by atoms with E-state index in [0.29, 0.717) is 6.04 Å². The molecule has 2 aliphatic carbocycles. The Morgan fingerprint density at radius 1 is 1.22 bits per heavy atom. The van der Waals surface area contributed by atoms with E-state index >= 15 is 0 Å². The molecular weight excluding hydrogens is 224 g/mol. The van der Waals surface area contributed by atoms with E-state index in [-0.39, 0.29) is 0 Å². The minimum absolute atomic E-state index is 0.589. The Morgan fingerprint density at radius 2 is 2.00 bits per heavy atom. The van der Waals surface area contributed by atoms with Gasteiger partial charge in [-0.3, -0.25) is 0 Å². The average molecular weight is 248 g/mol. The third-order valence-electron chi connectivity index (χ3n) is 4.35. The molecule has 1 aromatic heterocycles. The number of nitrogens with zero attached hydrogens (tertiary/aromatic N) is 3. The SMILES string of the molecule is CC1CCC(n2cc(CNCC3CC3)nn2)CC1. The van der Waals surface area contributed by atoms with Gasteiger partial charge in [0.2, 0.25) is 0 Å². The van der Waals surface area contributed by atoms with E-state index in [9.17, 15) is 0 Å². The molecule has 0 saturated heterocycles. The summed E-state index contributed by atoms with van der Waals surface area (Å²) in [5, 5.41) is 12.1. The molecule has 4 nitrogen and oxygen atoms in total. The van der Waals surface area contributed by atoms with Gasteiger partial charge in [-0.2, -0.15) is 0 Å². The molecule has 3 rings (SSSR count). The van der Waals surface area contributed by atoms with Crippen molar-refractivity contribution in [1.82, 2.24) is 20.3 Å². The zero-order valence-corrected chi connectivity index (χ0v) is 11.3. The van der Waals surface area contributed by atoms with Gasteiger partial charge < -0.3 is 5.32 Å². The molecule has 2 aliphatic rings. The molecule has 1 aromatic rings. The van der Waals surface area contributed by atoms with Crippen molar-refractivity contribution in [2.24, 2.45) is 11.8 Å². The number of aromatic nitrogens is 3. The van der Waals surface area contributed by atoms with Crippen LogP contribution in [0.2, 0.25) is 0 Å². The van der Waals surface area contributed by atoms with Crippen LogP contribution in [0.3, 0.4) is 0 Å². The maximum absolute atomic E-state index is 4.30. The van der Waals surface area contributed by atoms with Gasteiger partial charge in [0, 0.05) is 6.54 Å². The van der Waals surface area contributed by atoms with Crippen LogP contribution in [0.15, 0.2) is 6.20 Å². The highest BCUT2D eigenvalue weighted by molar-refractivity contribution is 4.94. The maximum atomic E-state index is 4.30. The van der Waals surface area contributed by atoms with Crippen molar-refractivity contribution in [1.29, 1.82) is 0 Å². The molecule has 4 heteroatoms. The van der Waals surface area contributed by atoms with E-state index < -0.39 is 0 Å². The molecule has 2 saturated carbocycles. The highest BCUT2D eigenvalue weighted by atomic mass is 15.4. The van der Waals surface area contributed by atoms with Gasteiger partial charge in [-0.15, -0.1) is 5.10 Å². The molecular formula is C14H24N4. The van der Waals surface area contributed by atoms with E-state index in [2.05, 4.69) is 33.4 Å². The molecule has 0 radical (unpaired) electrons. The lowest BCUT2D eigenvalue weighted by molar-refractivity contribution is 0.270. The normalized spacial score (nSPS) is 28.5. The molecule has 2 fully saturated rings. The molecule has 18 heavy (non-hydrogen) atoms. The van der Waals surface area contributed by atoms with Crippen LogP contribution >= 0.6 is 0 Å². The Bertz CT molecular complexity index is 375. The fraction of sp³-hybridized carbons (Fsp3) is 0.857. The molecule has 0 unspecified atom stereocenters. The number of hydrogen-bond donors (Lipinski definition) is 1. The molecule has 0 amide bonds. The van der Waals surface area contributed by atoms with Gasteiger partial charge in [-0.1, -0.05) is 12.1 Å². The summed E-state index contributed by atoms with van der Waals surface area (Å²) in [7, 11) is 0. The third kappa shape index (κ3) is 3.10. The van der Waals surface area contributed by atoms with Crippen molar-refractivity contribution >= 4 is 0 Å². The van der Waals surface area contributed by atoms with Crippen molar-refractivity contribution in [3.05, 3.63) is 11.9 Å². The Labute approximate surface area is 109 Å². The molecule has 0 atom stereocenters. The van der Waals surface area contributed by atoms with Gasteiger partial charge in [-0.05, 0) is 56.9 Å². The largest absolute Gasteiger partial charge is 0.311 e. The summed E-state index contributed by atoms with van der Waals surface area (Å²) < 4.78 is 2.10. The molecule has 1 heterocycles. The smallest absolute Gasteiger partial charge is 0.0964 e. The van der Waals surface area contributed by atoms with Crippen LogP contribution in [0.1, 0.15) is 57.2 Å². The maximum Gasteiger partial charge on any atom is 0.0964 e. The van der Waals surface area contributed by atoms with Gasteiger partial charge in [0.05, 0.1) is 17.9 Å². The minimum atomic E-state index is 0.589. The molecule has 0 bridgehead atoms. The zero-order chi connectivity index (χ0) is 12.4. The molecule has 0 aliphatic heterocycles. The first-order valence-corrected chi connectivity index (χ1v) is 7.42. The summed E-state index contributed by atoms with van der Waals surface area (Å²) in [6, 6.07) is 0.589. The Balaban J connectivity index is 1.48. The Morgan fingerprint density at radius 3 is 2.72 bits per heavy atom. The second-order valence-corrected chi connectivity index (χ2v) is 6.18. The van der Waals surface area contributed by atoms with Gasteiger partial charge in [-0.25, -0.2) is 4.68 Å². The summed E-state index contributed by atoms with van der Waals surface area (Å²) in [5.41, 5.74) is 1.09. The van der Waals surface area contributed by atoms with Crippen LogP contribution in [-0.4, -0.2) is 21.5 Å². The summed E-state index contributed by atoms with van der Waals surface area (Å²) in [6.45, 7) is 4.37. The lowest BCUT2D eigenvalue weighted by Crippen LogP contribution is -2.17. The summed E-state index contributed by atoms with van der Waals surface area (Å²) in [6.07, 6.45) is 10.1. The van der Waals surface area contributed by atoms with Crippen molar-refractivity contribution in [2.45, 2.75) is 58.0 Å². The fourth-order valence-electron chi connectivity index (χ4n) is 2.81. The summed E-state index contributed by atoms with van der Waals surface area (Å²) >= 11 is 0. The monoisotopic (exact) mass is 248 g/mol. The average Bonchev–Trinajstić information content (AvgIpc) is 3.08. The summed E-state index contributed by atoms with van der Waals surface area (Å²) in [4.78, 5) is 0. The van der Waals surface area contributed by atoms with Gasteiger partial charge in [0.25, 0.3) is 0 Å². The van der Waals surface area contributed by atoms with Crippen LogP contribution < -0.4 is 5.32 Å². The minimum Gasteiger partial charge on any atom is -0.311 e. The quantitative estimate of drug-likeness (QED) is 0.870. The van der Waals surface area contributed by atoms with Gasteiger partial charge in [0.15, 0.2) is 0 Å². The van der Waals surface area contributed by atoms with Crippen molar-refractivity contribution < 1.29 is 0 Å². The highest BCUT2D eigenvalue weighted by Crippen LogP contribution is 2.31. The van der Waals surface area contributed by atoms with Gasteiger partial charge >= 0.3 is 0 Å². The number of hydrogen-bond acceptors (Lipinski definition) is 3. The van der Waals surface area contributed by atoms with Gasteiger partial charge in [0.1, 0.15) is 0 Å². The lowest BCUT2D eigenvalue weighted by atomic mass is 9.87. The standard InChI is InChI=1S/C14H24N4/c1-11-2-6-14(7-3-11)18-10-13(16-17-18)9-15-8-12-4-5-12/h10-12,14-15H,2-9H2,1H3. The first-order valence-electron chi connectivity index (χ1n) is 7.42. The Hall–Kier alpha value is -0.900. The topological polar surface area (TPSA) is 42.7 Å². The zero-order valence-electron chi connectivity index (χ0n) is 11.3. The molecule has 0 aromatic carbocycles. The number of nitrogens with one attached hydrogen (secondary N) is 1. The Kier molecular flexibility index (Phi) is 3.64. The highest BCUT2D eigenvalue weighted by Gasteiger charge is 2.22. The second-order valence-electron chi connectivity index (χ2n) is 6.18. The summed E-state index contributed by atoms with van der Waals surface area (Å²) in [5.74, 6) is 1.82. The van der Waals surface area contributed by atoms with Crippen molar-refractivity contribution in [2.75, 3.05) is 6.54 Å². The van der Waals surface area contributed by atoms with Crippen LogP contribution in [0.5, 0.6) is 0 Å². The first kappa shape index (κ1) is 12.2. The molecule has 100 valence electrons. The predicted octanol–water partition coefficient (Wildman–Crippen LogP) is 2.53. The number of rotatable bonds is 5. The lowest BCUT2D eigenvalue weighted by Gasteiger charge is -2.25. The van der Waals surface area contributed by atoms with E-state index in [1.807, 2.05) is 0 Å². The van der Waals surface area contributed by atoms with E-state index in [1.165, 1.54) is 38.5 Å². The third-order valence-corrected chi connectivity index (χ3v) is 4.35. The first-order chi connectivity index (χ1) is 8.81. The van der Waals surface area contributed by atoms with Crippen molar-refractivity contribution in [3.63, 3.8) is 0 Å². The molecule has 0 spiro atoms. The van der Waals surface area contributed by atoms with Crippen LogP contribution in [-0.2, 0) is 6.54 Å². The van der Waals surface area contributed by atoms with E-state index in [0.717, 1.165) is 30.6 Å². The van der Waals surface area contributed by atoms with Crippen LogP contribution in [0.4, 0.5) is 0 Å². The predicted molar refractivity (Wildman–Crippen MR) is 71.1 cm³/mol. The van der Waals surface area contributed by atoms with E-state index in [4.69, 9.17) is 0 Å². The molecule has 1 N–H and O–H groups in total. The van der Waals surface area contributed by atoms with Crippen molar-refractivity contribution in [3.8, 4) is 0 Å². The van der Waals surface area contributed by atoms with Crippen LogP contribution in [0, 0.1) is 11.8 Å². The van der Waals surface area contributed by atoms with Crippen LogP contribution in [0.25, 0.3) is 0 Å². The fourth-order valence-corrected chi connectivity index (χ4v) is 2.81. The van der Waals surface area contributed by atoms with E-state index in [1.54, 1.807) is 0 Å².